The van der Waals surface area contributed by atoms with Crippen LogP contribution < -0.4 is 86.7 Å². The van der Waals surface area contributed by atoms with Crippen molar-refractivity contribution in [3.05, 3.63) is 267 Å². The van der Waals surface area contributed by atoms with E-state index in [9.17, 15) is 47.9 Å². The maximum atomic E-state index is 13.4. The lowest BCUT2D eigenvalue weighted by atomic mass is 10.2. The van der Waals surface area contributed by atoms with Gasteiger partial charge in [-0.1, -0.05) is 11.6 Å². The molecule has 5 amide bonds. The molecule has 149 heavy (non-hydrogen) atoms. The number of pyridine rings is 5. The molecule has 3 saturated carbocycles. The van der Waals surface area contributed by atoms with Crippen molar-refractivity contribution >= 4 is 132 Å². The van der Waals surface area contributed by atoms with Crippen LogP contribution in [0.5, 0.6) is 0 Å². The van der Waals surface area contributed by atoms with Crippen LogP contribution in [0.25, 0.3) is 40.5 Å². The van der Waals surface area contributed by atoms with Crippen LogP contribution >= 0.6 is 27.5 Å². The number of halogens is 2. The second-order valence-electron chi connectivity index (χ2n) is 36.1. The fourth-order valence-corrected chi connectivity index (χ4v) is 15.9. The number of aryl methyl sites for hydroxylation is 5. The molecule has 786 valence electrons. The van der Waals surface area contributed by atoms with E-state index in [1.807, 2.05) is 6.92 Å². The van der Waals surface area contributed by atoms with Crippen molar-refractivity contribution in [2.45, 2.75) is 182 Å². The van der Waals surface area contributed by atoms with Gasteiger partial charge in [-0.2, -0.15) is 28.8 Å². The molecule has 16 aromatic heterocycles. The monoisotopic (exact) mass is 2130 g/mol. The molecule has 16 aromatic rings. The highest BCUT2D eigenvalue weighted by Crippen LogP contribution is 2.32. The Hall–Kier alpha value is -16.9. The number of H-pyrrole nitrogens is 1. The largest absolute Gasteiger partial charge is 0.443 e. The maximum Gasteiger partial charge on any atom is 0.415 e. The number of methoxy groups -OCH3 is 3. The normalized spacial score (nSPS) is 15.5. The highest BCUT2D eigenvalue weighted by atomic mass is 79.9. The van der Waals surface area contributed by atoms with Crippen molar-refractivity contribution in [3.8, 4) is 23.5 Å². The van der Waals surface area contributed by atoms with E-state index in [0.717, 1.165) is 57.1 Å². The highest BCUT2D eigenvalue weighted by molar-refractivity contribution is 9.10. The molecule has 3 aliphatic carbocycles. The number of oxazole rings is 5. The van der Waals surface area contributed by atoms with Crippen molar-refractivity contribution in [1.29, 1.82) is 0 Å². The average Bonchev–Trinajstić information content (AvgIpc) is 1.64. The number of rotatable bonds is 20. The summed E-state index contributed by atoms with van der Waals surface area (Å²) in [5.74, 6) is 2.32. The van der Waals surface area contributed by atoms with E-state index >= 15 is 0 Å². The van der Waals surface area contributed by atoms with Crippen LogP contribution in [0.3, 0.4) is 0 Å². The van der Waals surface area contributed by atoms with Gasteiger partial charge >= 0.3 is 12.2 Å². The molecule has 0 bridgehead atoms. The van der Waals surface area contributed by atoms with Gasteiger partial charge in [0.1, 0.15) is 96.3 Å². The first kappa shape index (κ1) is 109. The second-order valence-corrected chi connectivity index (χ2v) is 37.2. The number of ether oxygens (including phenoxy) is 5. The summed E-state index contributed by atoms with van der Waals surface area (Å²) in [7, 11) is 9.84. The minimum atomic E-state index is -0.747. The molecule has 52 heteroatoms. The smallest absolute Gasteiger partial charge is 0.415 e. The van der Waals surface area contributed by atoms with Gasteiger partial charge in [0.2, 0.25) is 23.5 Å². The van der Waals surface area contributed by atoms with Crippen LogP contribution in [0.2, 0.25) is 5.15 Å². The zero-order valence-corrected chi connectivity index (χ0v) is 86.8. The molecular formula is C97H114BrClN30O20. The molecule has 50 nitrogen and oxygen atoms in total. The molecule has 19 rings (SSSR count). The molecule has 16 heterocycles. The molecule has 3 fully saturated rings. The van der Waals surface area contributed by atoms with Crippen molar-refractivity contribution < 1.29 is 69.7 Å². The predicted octanol–water partition coefficient (Wildman–Crippen LogP) is 12.0. The summed E-state index contributed by atoms with van der Waals surface area (Å²) in [6.45, 7) is 19.5. The van der Waals surface area contributed by atoms with Gasteiger partial charge in [-0.05, 0) is 211 Å². The lowest BCUT2D eigenvalue weighted by molar-refractivity contribution is 0.0577. The molecular weight excluding hydrogens is 2020 g/mol. The molecule has 6 atom stereocenters. The van der Waals surface area contributed by atoms with Gasteiger partial charge in [-0.15, -0.1) is 0 Å². The molecule has 3 aliphatic rings. The van der Waals surface area contributed by atoms with Crippen LogP contribution in [-0.4, -0.2) is 212 Å². The quantitative estimate of drug-likeness (QED) is 0.0317. The fourth-order valence-electron chi connectivity index (χ4n) is 15.5. The minimum absolute atomic E-state index is 0.0329. The Morgan fingerprint density at radius 2 is 0.799 bits per heavy atom. The Morgan fingerprint density at radius 1 is 0.456 bits per heavy atom. The number of hydrogen-bond acceptors (Lipinski definition) is 37. The molecule has 3 unspecified atom stereocenters. The number of nitrogens with two attached hydrogens (primary N) is 3. The number of aromatic nitrogens is 19. The second kappa shape index (κ2) is 48.4. The topological polar surface area (TPSA) is 630 Å². The molecule has 0 spiro atoms. The Morgan fingerprint density at radius 3 is 1.12 bits per heavy atom. The molecule has 0 aromatic carbocycles. The molecule has 0 saturated heterocycles. The standard InChI is InChI=1S/C28H34N8O6.C23H26N8O4.C19H26ClN5O4.2C9H9N3O2.C5H6N2O.C4H4BrNO/c1-16-26(41-15-29-16)35-11-7-8-20(25(35)38)32-21-13-22(34(5)27(39)42-28(2,3)4)36-23(33-21)19(14-30-36)24(37)31-17-9-10-18(12-17)40-6;1-13-23(35-12-25-13)30-8-4-5-17(22(30)33)28-18-10-19(24-2)31-20(29-18)16(11-26-31)21(32)27-14-6-7-15(9-14)34-3;1-19(2,3)29-18(27)24(4)15-9-14(20)23-16-13(10-21-25(15)16)17(26)22-11-6-7-12(8-11)28-5;2*1-6-9(14-5-11-6)12-4-2-3-7(10)8(12)13;6-4-2-1-3-7-5(4)8;1-3-4(5)7-2-6-3/h7-8,11,13-15,17-18H,9-10,12H2,1-6H3,(H,31,37)(H,32,33);4-5,8,10-12,14-15,24H,6-7,9H2,1-3H3,(H,27,32)(H,28,29);9-12H,6-8H2,1-5H3,(H,22,26);2*2-5H,10H2,1H3;1-3H,6H2,(H,7,8);2H,1H3/t17?,18-;14?,15-;11?,12-;;;;/m111..../s1. The van der Waals surface area contributed by atoms with Gasteiger partial charge in [0, 0.05) is 110 Å². The van der Waals surface area contributed by atoms with Crippen molar-refractivity contribution in [1.82, 2.24) is 108 Å². The number of anilines is 10. The maximum absolute atomic E-state index is 13.4. The number of nitrogens with one attached hydrogen (secondary N) is 7. The van der Waals surface area contributed by atoms with Crippen molar-refractivity contribution in [2.24, 2.45) is 0 Å². The van der Waals surface area contributed by atoms with Gasteiger partial charge in [0.25, 0.3) is 45.5 Å². The Kier molecular flexibility index (Phi) is 35.5. The third-order valence-electron chi connectivity index (χ3n) is 23.2. The van der Waals surface area contributed by atoms with Gasteiger partial charge < -0.3 is 99.9 Å². The summed E-state index contributed by atoms with van der Waals surface area (Å²) in [5.41, 5.74) is 19.2. The summed E-state index contributed by atoms with van der Waals surface area (Å²) in [6.07, 6.45) is 25.4. The Balaban J connectivity index is 0.000000156. The summed E-state index contributed by atoms with van der Waals surface area (Å²) < 4.78 is 63.2. The van der Waals surface area contributed by atoms with E-state index in [0.29, 0.717) is 80.2 Å². The highest BCUT2D eigenvalue weighted by Gasteiger charge is 2.34. The predicted molar refractivity (Wildman–Crippen MR) is 554 cm³/mol. The van der Waals surface area contributed by atoms with Crippen molar-refractivity contribution in [2.75, 3.05) is 85.4 Å². The van der Waals surface area contributed by atoms with Crippen LogP contribution in [0.15, 0.2) is 211 Å². The van der Waals surface area contributed by atoms with E-state index in [1.54, 1.807) is 213 Å². The number of nitrogens with zero attached hydrogens (tertiary/aromatic N) is 20. The van der Waals surface area contributed by atoms with Gasteiger partial charge in [0.15, 0.2) is 53.6 Å². The molecule has 0 aliphatic heterocycles. The first-order valence-electron chi connectivity index (χ1n) is 46.5. The van der Waals surface area contributed by atoms with E-state index < -0.39 is 28.9 Å². The van der Waals surface area contributed by atoms with Crippen LogP contribution in [-0.2, 0) is 23.7 Å². The number of nitrogen functional groups attached to an aromatic ring is 3. The third kappa shape index (κ3) is 27.1. The van der Waals surface area contributed by atoms with Crippen molar-refractivity contribution in [3.63, 3.8) is 0 Å². The lowest BCUT2D eigenvalue weighted by Gasteiger charge is -2.25. The third-order valence-corrected chi connectivity index (χ3v) is 24.1. The average molecular weight is 2140 g/mol. The van der Waals surface area contributed by atoms with E-state index in [1.165, 1.54) is 101 Å². The van der Waals surface area contributed by atoms with Crippen LogP contribution in [0.4, 0.5) is 67.1 Å². The zero-order valence-electron chi connectivity index (χ0n) is 84.4. The molecule has 13 N–H and O–H groups in total. The first-order chi connectivity index (χ1) is 71.0. The van der Waals surface area contributed by atoms with Crippen LogP contribution in [0, 0.1) is 34.6 Å². The zero-order chi connectivity index (χ0) is 108. The van der Waals surface area contributed by atoms with Gasteiger partial charge in [-0.3, -0.25) is 66.4 Å². The number of carbonyl (C=O) groups is 5. The number of hydrogen-bond donors (Lipinski definition) is 10. The Labute approximate surface area is 862 Å². The van der Waals surface area contributed by atoms with Gasteiger partial charge in [-0.25, -0.2) is 49.5 Å². The number of carbonyl (C=O) groups excluding carboxylic acids is 5. The summed E-state index contributed by atoms with van der Waals surface area (Å²) in [5, 5.41) is 31.3. The van der Waals surface area contributed by atoms with Crippen LogP contribution in [0.1, 0.15) is 159 Å². The first-order valence-corrected chi connectivity index (χ1v) is 47.7. The SMILES string of the molecule is CNc1cc(Nc2cccn(-c3ocnc3C)c2=O)nc2c(C(=O)NC3CC[C@@H](OC)C3)cnn12.CO[C@@H]1CCC(NC(=O)c2cnn3c(N(C)C(=O)OC(C)(C)C)cc(Cl)nc23)C1.CO[C@@H]1CCC(NC(=O)c2cnn3c(N(C)C(=O)OC(C)(C)C)cc(Nc4cccn(-c5ocnc5C)c4=O)nc23)C1.Cc1ncoc1-n1cccc(N)c1=O.Cc1ncoc1-n1cccc(N)c1=O.Cc1ncoc1Br.Nc1ccc[nH]c1=O. The van der Waals surface area contributed by atoms with E-state index in [2.05, 4.69) is 108 Å². The fraction of sp³-hybridized carbons (Fsp3) is 0.351. The number of amides is 5. The van der Waals surface area contributed by atoms with E-state index in [-0.39, 0.29) is 150 Å². The summed E-state index contributed by atoms with van der Waals surface area (Å²) in [4.78, 5) is 163. The lowest BCUT2D eigenvalue weighted by Crippen LogP contribution is -2.35. The molecule has 0 radical (unpaired) electrons. The number of fused-ring (bicyclic) bond motifs is 3. The van der Waals surface area contributed by atoms with E-state index in [4.69, 9.17) is 74.6 Å². The number of aromatic amines is 1. The minimum Gasteiger partial charge on any atom is -0.443 e. The summed E-state index contributed by atoms with van der Waals surface area (Å²) >= 11 is 9.30. The summed E-state index contributed by atoms with van der Waals surface area (Å²) in [6, 6.07) is 21.1. The van der Waals surface area contributed by atoms with Gasteiger partial charge in [0.05, 0.1) is 59.7 Å². The Bertz CT molecular complexity index is 7650.